The topological polar surface area (TPSA) is 75.2 Å². The average Bonchev–Trinajstić information content (AvgIpc) is 3.17. The third-order valence-corrected chi connectivity index (χ3v) is 5.67. The number of nitriles is 1. The highest BCUT2D eigenvalue weighted by atomic mass is 19.4. The number of ether oxygens (including phenoxy) is 1. The van der Waals surface area contributed by atoms with Crippen LogP contribution in [-0.2, 0) is 17.5 Å². The molecule has 0 bridgehead atoms. The van der Waals surface area contributed by atoms with Crippen molar-refractivity contribution in [1.29, 1.82) is 5.26 Å². The van der Waals surface area contributed by atoms with Gasteiger partial charge < -0.3 is 9.26 Å². The normalized spacial score (nSPS) is 25.8. The molecule has 6 nitrogen and oxygen atoms in total. The molecule has 2 fully saturated rings. The highest BCUT2D eigenvalue weighted by Gasteiger charge is 2.47. The van der Waals surface area contributed by atoms with Gasteiger partial charge in [-0.25, -0.2) is 0 Å². The lowest BCUT2D eigenvalue weighted by Gasteiger charge is -2.48. The van der Waals surface area contributed by atoms with Crippen LogP contribution in [0.25, 0.3) is 11.4 Å². The van der Waals surface area contributed by atoms with Crippen LogP contribution < -0.4 is 0 Å². The van der Waals surface area contributed by atoms with Crippen molar-refractivity contribution >= 4 is 0 Å². The Morgan fingerprint density at radius 2 is 2.07 bits per heavy atom. The summed E-state index contributed by atoms with van der Waals surface area (Å²) in [7, 11) is 0. The van der Waals surface area contributed by atoms with Crippen molar-refractivity contribution in [1.82, 2.24) is 15.0 Å². The summed E-state index contributed by atoms with van der Waals surface area (Å²) in [6.07, 6.45) is 0.190. The maximum Gasteiger partial charge on any atom is 0.416 e. The van der Waals surface area contributed by atoms with E-state index in [0.29, 0.717) is 13.2 Å². The maximum absolute atomic E-state index is 12.9. The Kier molecular flexibility index (Phi) is 5.32. The molecule has 2 aliphatic heterocycles. The summed E-state index contributed by atoms with van der Waals surface area (Å²) in [5.41, 5.74) is -0.995. The first kappa shape index (κ1) is 19.9. The molecule has 0 radical (unpaired) electrons. The fourth-order valence-electron chi connectivity index (χ4n) is 4.28. The van der Waals surface area contributed by atoms with Gasteiger partial charge in [0, 0.05) is 18.7 Å². The molecule has 2 saturated heterocycles. The van der Waals surface area contributed by atoms with Crippen LogP contribution in [0.4, 0.5) is 13.2 Å². The Morgan fingerprint density at radius 1 is 1.24 bits per heavy atom. The van der Waals surface area contributed by atoms with E-state index < -0.39 is 23.4 Å². The van der Waals surface area contributed by atoms with Gasteiger partial charge in [0.05, 0.1) is 23.8 Å². The summed E-state index contributed by atoms with van der Waals surface area (Å²) >= 11 is 0. The highest BCUT2D eigenvalue weighted by Crippen LogP contribution is 2.39. The first-order valence-electron chi connectivity index (χ1n) is 9.69. The van der Waals surface area contributed by atoms with Crippen molar-refractivity contribution < 1.29 is 22.4 Å². The van der Waals surface area contributed by atoms with Gasteiger partial charge in [0.2, 0.25) is 11.7 Å². The molecule has 4 rings (SSSR count). The number of rotatable bonds is 3. The Hall–Kier alpha value is -2.44. The lowest BCUT2D eigenvalue weighted by Crippen LogP contribution is -2.58. The smallest absolute Gasteiger partial charge is 0.372 e. The molecule has 0 aliphatic carbocycles. The number of aromatic nitrogens is 2. The Balaban J connectivity index is 1.52. The average molecular weight is 406 g/mol. The molecule has 3 heterocycles. The van der Waals surface area contributed by atoms with E-state index in [9.17, 15) is 18.4 Å². The molecule has 2 aliphatic rings. The van der Waals surface area contributed by atoms with Crippen LogP contribution in [0.1, 0.15) is 43.6 Å². The first-order chi connectivity index (χ1) is 13.9. The zero-order valence-corrected chi connectivity index (χ0v) is 15.8. The zero-order chi connectivity index (χ0) is 20.5. The number of nitrogens with zero attached hydrogens (tertiary/aromatic N) is 4. The fraction of sp³-hybridized carbons (Fsp3) is 0.550. The number of likely N-dealkylation sites (tertiary alicyclic amines) is 1. The van der Waals surface area contributed by atoms with Gasteiger partial charge in [-0.05, 0) is 44.2 Å². The van der Waals surface area contributed by atoms with Gasteiger partial charge in [0.25, 0.3) is 0 Å². The zero-order valence-electron chi connectivity index (χ0n) is 15.8. The van der Waals surface area contributed by atoms with Crippen molar-refractivity contribution in [3.05, 3.63) is 35.7 Å². The Labute approximate surface area is 166 Å². The van der Waals surface area contributed by atoms with Crippen LogP contribution in [0.15, 0.2) is 28.8 Å². The molecule has 2 unspecified atom stereocenters. The Morgan fingerprint density at radius 3 is 2.79 bits per heavy atom. The predicted molar refractivity (Wildman–Crippen MR) is 96.3 cm³/mol. The summed E-state index contributed by atoms with van der Waals surface area (Å²) in [5, 5.41) is 13.6. The van der Waals surface area contributed by atoms with Crippen LogP contribution in [-0.4, -0.2) is 39.8 Å². The molecule has 9 heteroatoms. The molecular weight excluding hydrogens is 385 g/mol. The summed E-state index contributed by atoms with van der Waals surface area (Å²) in [4.78, 5) is 6.23. The SMILES string of the molecule is N#CC1N(Cc2nc(-c3cccc(C(F)(F)F)c3)no2)CCCC12CCCCO2. The molecule has 0 amide bonds. The van der Waals surface area contributed by atoms with Crippen molar-refractivity contribution in [2.45, 2.75) is 56.5 Å². The van der Waals surface area contributed by atoms with E-state index in [0.717, 1.165) is 44.2 Å². The maximum atomic E-state index is 12.9. The number of halogens is 3. The second-order valence-electron chi connectivity index (χ2n) is 7.57. The number of alkyl halides is 3. The second kappa shape index (κ2) is 7.76. The Bertz CT molecular complexity index is 894. The van der Waals surface area contributed by atoms with Gasteiger partial charge in [0.15, 0.2) is 0 Å². The monoisotopic (exact) mass is 406 g/mol. The van der Waals surface area contributed by atoms with Crippen molar-refractivity contribution in [3.63, 3.8) is 0 Å². The van der Waals surface area contributed by atoms with E-state index in [4.69, 9.17) is 9.26 Å². The van der Waals surface area contributed by atoms with E-state index in [2.05, 4.69) is 16.2 Å². The van der Waals surface area contributed by atoms with E-state index in [1.807, 2.05) is 4.90 Å². The molecule has 2 atom stereocenters. The summed E-state index contributed by atoms with van der Waals surface area (Å²) < 4.78 is 50.2. The van der Waals surface area contributed by atoms with Crippen LogP contribution in [0.5, 0.6) is 0 Å². The standard InChI is InChI=1S/C20H21F3N4O2/c21-20(22,23)15-6-3-5-14(11-15)18-25-17(29-26-18)13-27-9-4-8-19(16(27)12-24)7-1-2-10-28-19/h3,5-6,11,16H,1-2,4,7-10,13H2. The second-order valence-corrected chi connectivity index (χ2v) is 7.57. The van der Waals surface area contributed by atoms with Gasteiger partial charge in [-0.15, -0.1) is 0 Å². The molecule has 1 spiro atoms. The highest BCUT2D eigenvalue weighted by molar-refractivity contribution is 5.55. The van der Waals surface area contributed by atoms with E-state index in [1.165, 1.54) is 12.1 Å². The van der Waals surface area contributed by atoms with Gasteiger partial charge in [-0.2, -0.15) is 23.4 Å². The van der Waals surface area contributed by atoms with Gasteiger partial charge >= 0.3 is 6.18 Å². The summed E-state index contributed by atoms with van der Waals surface area (Å²) in [6, 6.07) is 6.79. The lowest BCUT2D eigenvalue weighted by atomic mass is 9.79. The molecule has 2 aromatic rings. The predicted octanol–water partition coefficient (Wildman–Crippen LogP) is 4.18. The van der Waals surface area contributed by atoms with Crippen molar-refractivity contribution in [2.75, 3.05) is 13.2 Å². The molecule has 1 aromatic carbocycles. The summed E-state index contributed by atoms with van der Waals surface area (Å²) in [6.45, 7) is 1.62. The minimum atomic E-state index is -4.44. The number of piperidine rings is 1. The number of hydrogen-bond acceptors (Lipinski definition) is 6. The fourth-order valence-corrected chi connectivity index (χ4v) is 4.28. The van der Waals surface area contributed by atoms with E-state index >= 15 is 0 Å². The van der Waals surface area contributed by atoms with E-state index in [1.54, 1.807) is 0 Å². The van der Waals surface area contributed by atoms with Crippen molar-refractivity contribution in [3.8, 4) is 17.5 Å². The molecular formula is C20H21F3N4O2. The third-order valence-electron chi connectivity index (χ3n) is 5.67. The first-order valence-corrected chi connectivity index (χ1v) is 9.69. The molecule has 0 saturated carbocycles. The minimum absolute atomic E-state index is 0.0975. The molecule has 1 aromatic heterocycles. The van der Waals surface area contributed by atoms with Crippen LogP contribution in [0.3, 0.4) is 0 Å². The van der Waals surface area contributed by atoms with Crippen LogP contribution in [0, 0.1) is 11.3 Å². The summed E-state index contributed by atoms with van der Waals surface area (Å²) in [5.74, 6) is 0.366. The van der Waals surface area contributed by atoms with Crippen LogP contribution >= 0.6 is 0 Å². The lowest BCUT2D eigenvalue weighted by molar-refractivity contribution is -0.139. The quantitative estimate of drug-likeness (QED) is 0.761. The van der Waals surface area contributed by atoms with Gasteiger partial charge in [-0.3, -0.25) is 4.90 Å². The third kappa shape index (κ3) is 4.00. The van der Waals surface area contributed by atoms with Crippen LogP contribution in [0.2, 0.25) is 0 Å². The van der Waals surface area contributed by atoms with Crippen molar-refractivity contribution in [2.24, 2.45) is 0 Å². The largest absolute Gasteiger partial charge is 0.416 e. The van der Waals surface area contributed by atoms with Gasteiger partial charge in [0.1, 0.15) is 6.04 Å². The minimum Gasteiger partial charge on any atom is -0.372 e. The molecule has 154 valence electrons. The molecule has 29 heavy (non-hydrogen) atoms. The number of benzene rings is 1. The van der Waals surface area contributed by atoms with E-state index in [-0.39, 0.29) is 23.8 Å². The van der Waals surface area contributed by atoms with Gasteiger partial charge in [-0.1, -0.05) is 17.3 Å². The number of hydrogen-bond donors (Lipinski definition) is 0. The molecule has 0 N–H and O–H groups in total.